The highest BCUT2D eigenvalue weighted by Gasteiger charge is 2.18. The van der Waals surface area contributed by atoms with Crippen molar-refractivity contribution in [3.63, 3.8) is 0 Å². The Morgan fingerprint density at radius 1 is 0.971 bits per heavy atom. The number of aliphatic hydroxyl groups is 1. The first-order chi connectivity index (χ1) is 16.8. The minimum Gasteiger partial charge on any atom is -0.393 e. The van der Waals surface area contributed by atoms with E-state index in [0.29, 0.717) is 17.5 Å². The molecule has 0 saturated carbocycles. The number of benzene rings is 2. The van der Waals surface area contributed by atoms with E-state index in [9.17, 15) is 13.5 Å². The Labute approximate surface area is 204 Å². The van der Waals surface area contributed by atoms with E-state index in [2.05, 4.69) is 25.5 Å². The fourth-order valence-electron chi connectivity index (χ4n) is 4.37. The topological polar surface area (TPSA) is 112 Å². The number of para-hydroxylation sites is 1. The van der Waals surface area contributed by atoms with Crippen molar-refractivity contribution >= 4 is 49.7 Å². The molecule has 2 aromatic carbocycles. The van der Waals surface area contributed by atoms with Crippen molar-refractivity contribution in [1.82, 2.24) is 14.5 Å². The van der Waals surface area contributed by atoms with Gasteiger partial charge in [0.1, 0.15) is 5.52 Å². The van der Waals surface area contributed by atoms with Crippen molar-refractivity contribution in [2.45, 2.75) is 23.8 Å². The van der Waals surface area contributed by atoms with Gasteiger partial charge in [0.15, 0.2) is 15.7 Å². The molecule has 35 heavy (non-hydrogen) atoms. The molecule has 2 aromatic heterocycles. The van der Waals surface area contributed by atoms with Crippen molar-refractivity contribution < 1.29 is 13.5 Å². The van der Waals surface area contributed by atoms with Gasteiger partial charge in [0.2, 0.25) is 5.95 Å². The van der Waals surface area contributed by atoms with Crippen LogP contribution < -0.4 is 15.5 Å². The van der Waals surface area contributed by atoms with Gasteiger partial charge in [-0.15, -0.1) is 0 Å². The summed E-state index contributed by atoms with van der Waals surface area (Å²) in [7, 11) is -1.53. The Bertz CT molecular complexity index is 1460. The second kappa shape index (κ2) is 9.20. The predicted octanol–water partition coefficient (Wildman–Crippen LogP) is 3.82. The van der Waals surface area contributed by atoms with Crippen LogP contribution in [0.15, 0.2) is 65.7 Å². The zero-order chi connectivity index (χ0) is 24.6. The van der Waals surface area contributed by atoms with Gasteiger partial charge in [-0.3, -0.25) is 0 Å². The Balaban J connectivity index is 1.44. The molecule has 0 atom stereocenters. The molecule has 3 N–H and O–H groups in total. The van der Waals surface area contributed by atoms with Gasteiger partial charge in [0.25, 0.3) is 0 Å². The Hall–Kier alpha value is -3.63. The third-order valence-corrected chi connectivity index (χ3v) is 7.37. The molecule has 182 valence electrons. The molecule has 0 spiro atoms. The average Bonchev–Trinajstić information content (AvgIpc) is 3.20. The van der Waals surface area contributed by atoms with E-state index in [0.717, 1.165) is 48.3 Å². The molecule has 1 aliphatic heterocycles. The van der Waals surface area contributed by atoms with E-state index in [4.69, 9.17) is 0 Å². The highest BCUT2D eigenvalue weighted by molar-refractivity contribution is 7.90. The first-order valence-corrected chi connectivity index (χ1v) is 13.4. The molecule has 0 amide bonds. The standard InChI is InChI=1S/C25H28N6O3S/c1-30-14-13-21-23(30)24(27-20-5-3-4-6-22(20)35(2,33)34)29-25(28-21)26-17-7-9-18(10-8-17)31-15-11-19(32)12-16-31/h3-10,13-14,19,32H,11-12,15-16H2,1-2H3,(H2,26,27,28,29). The number of aryl methyl sites for hydroxylation is 1. The van der Waals surface area contributed by atoms with Crippen molar-refractivity contribution in [3.8, 4) is 0 Å². The summed E-state index contributed by atoms with van der Waals surface area (Å²) in [6, 6.07) is 16.7. The quantitative estimate of drug-likeness (QED) is 0.372. The van der Waals surface area contributed by atoms with Gasteiger partial charge < -0.3 is 25.2 Å². The van der Waals surface area contributed by atoms with E-state index in [-0.39, 0.29) is 11.0 Å². The third kappa shape index (κ3) is 4.94. The van der Waals surface area contributed by atoms with E-state index in [1.165, 1.54) is 6.26 Å². The number of aromatic nitrogens is 3. The molecular weight excluding hydrogens is 464 g/mol. The van der Waals surface area contributed by atoms with Crippen LogP contribution in [0.25, 0.3) is 11.0 Å². The Morgan fingerprint density at radius 2 is 1.69 bits per heavy atom. The minimum atomic E-state index is -3.43. The number of piperidine rings is 1. The molecule has 3 heterocycles. The average molecular weight is 493 g/mol. The summed E-state index contributed by atoms with van der Waals surface area (Å²) >= 11 is 0. The maximum absolute atomic E-state index is 12.3. The highest BCUT2D eigenvalue weighted by atomic mass is 32.2. The minimum absolute atomic E-state index is 0.204. The lowest BCUT2D eigenvalue weighted by Crippen LogP contribution is -2.35. The SMILES string of the molecule is Cn1ccc2nc(Nc3ccc(N4CCC(O)CC4)cc3)nc(Nc3ccccc3S(C)(=O)=O)c21. The monoisotopic (exact) mass is 492 g/mol. The molecular formula is C25H28N6O3S. The number of rotatable bonds is 6. The van der Waals surface area contributed by atoms with Gasteiger partial charge in [0.05, 0.1) is 22.2 Å². The normalized spacial score (nSPS) is 14.9. The lowest BCUT2D eigenvalue weighted by Gasteiger charge is -2.31. The van der Waals surface area contributed by atoms with Crippen LogP contribution in [0.5, 0.6) is 0 Å². The molecule has 0 radical (unpaired) electrons. The third-order valence-electron chi connectivity index (χ3n) is 6.21. The summed E-state index contributed by atoms with van der Waals surface area (Å²) in [5, 5.41) is 16.2. The van der Waals surface area contributed by atoms with Gasteiger partial charge in [-0.1, -0.05) is 12.1 Å². The molecule has 1 saturated heterocycles. The van der Waals surface area contributed by atoms with Gasteiger partial charge >= 0.3 is 0 Å². The van der Waals surface area contributed by atoms with Crippen LogP contribution in [0.3, 0.4) is 0 Å². The van der Waals surface area contributed by atoms with E-state index >= 15 is 0 Å². The van der Waals surface area contributed by atoms with Crippen molar-refractivity contribution in [2.75, 3.05) is 34.9 Å². The van der Waals surface area contributed by atoms with Gasteiger partial charge in [0, 0.05) is 44.0 Å². The molecule has 0 bridgehead atoms. The number of hydrogen-bond acceptors (Lipinski definition) is 8. The molecule has 5 rings (SSSR count). The summed E-state index contributed by atoms with van der Waals surface area (Å²) in [5.41, 5.74) is 3.90. The van der Waals surface area contributed by atoms with Gasteiger partial charge in [-0.2, -0.15) is 4.98 Å². The van der Waals surface area contributed by atoms with Crippen LogP contribution in [0.4, 0.5) is 28.8 Å². The van der Waals surface area contributed by atoms with Crippen LogP contribution >= 0.6 is 0 Å². The smallest absolute Gasteiger partial charge is 0.229 e. The van der Waals surface area contributed by atoms with Gasteiger partial charge in [-0.25, -0.2) is 13.4 Å². The summed E-state index contributed by atoms with van der Waals surface area (Å²) in [6.07, 6.45) is 4.44. The summed E-state index contributed by atoms with van der Waals surface area (Å²) in [5.74, 6) is 0.904. The maximum atomic E-state index is 12.3. The second-order valence-electron chi connectivity index (χ2n) is 8.84. The summed E-state index contributed by atoms with van der Waals surface area (Å²) < 4.78 is 26.5. The predicted molar refractivity (Wildman–Crippen MR) is 139 cm³/mol. The zero-order valence-electron chi connectivity index (χ0n) is 19.6. The zero-order valence-corrected chi connectivity index (χ0v) is 20.5. The van der Waals surface area contributed by atoms with E-state index in [1.807, 2.05) is 48.1 Å². The van der Waals surface area contributed by atoms with Crippen molar-refractivity contribution in [1.29, 1.82) is 0 Å². The number of nitrogens with one attached hydrogen (secondary N) is 2. The van der Waals surface area contributed by atoms with Crippen LogP contribution in [-0.2, 0) is 16.9 Å². The fraction of sp³-hybridized carbons (Fsp3) is 0.280. The summed E-state index contributed by atoms with van der Waals surface area (Å²) in [4.78, 5) is 11.8. The van der Waals surface area contributed by atoms with Crippen molar-refractivity contribution in [3.05, 3.63) is 60.8 Å². The van der Waals surface area contributed by atoms with Gasteiger partial charge in [-0.05, 0) is 55.3 Å². The molecule has 4 aromatic rings. The Kier molecular flexibility index (Phi) is 6.08. The maximum Gasteiger partial charge on any atom is 0.229 e. The lowest BCUT2D eigenvalue weighted by molar-refractivity contribution is 0.145. The molecule has 9 nitrogen and oxygen atoms in total. The molecule has 10 heteroatoms. The number of sulfone groups is 1. The Morgan fingerprint density at radius 3 is 2.40 bits per heavy atom. The number of fused-ring (bicyclic) bond motifs is 1. The van der Waals surface area contributed by atoms with Crippen LogP contribution in [0.2, 0.25) is 0 Å². The molecule has 1 fully saturated rings. The molecule has 0 aliphatic carbocycles. The first kappa shape index (κ1) is 23.1. The van der Waals surface area contributed by atoms with Crippen molar-refractivity contribution in [2.24, 2.45) is 7.05 Å². The molecule has 0 unspecified atom stereocenters. The highest BCUT2D eigenvalue weighted by Crippen LogP contribution is 2.30. The van der Waals surface area contributed by atoms with E-state index in [1.54, 1.807) is 24.3 Å². The number of anilines is 5. The molecule has 1 aliphatic rings. The number of aliphatic hydroxyl groups excluding tert-OH is 1. The summed E-state index contributed by atoms with van der Waals surface area (Å²) in [6.45, 7) is 1.68. The number of hydrogen-bond donors (Lipinski definition) is 3. The lowest BCUT2D eigenvalue weighted by atomic mass is 10.1. The largest absolute Gasteiger partial charge is 0.393 e. The second-order valence-corrected chi connectivity index (χ2v) is 10.8. The first-order valence-electron chi connectivity index (χ1n) is 11.5. The van der Waals surface area contributed by atoms with Crippen LogP contribution in [0, 0.1) is 0 Å². The van der Waals surface area contributed by atoms with Crippen LogP contribution in [0.1, 0.15) is 12.8 Å². The fourth-order valence-corrected chi connectivity index (χ4v) is 5.21. The number of nitrogens with zero attached hydrogens (tertiary/aromatic N) is 4. The van der Waals surface area contributed by atoms with Crippen LogP contribution in [-0.4, -0.2) is 53.5 Å². The van der Waals surface area contributed by atoms with E-state index < -0.39 is 9.84 Å².